The van der Waals surface area contributed by atoms with E-state index in [-0.39, 0.29) is 10.8 Å². The van der Waals surface area contributed by atoms with Crippen LogP contribution in [0.3, 0.4) is 0 Å². The maximum atomic E-state index is 13.0. The van der Waals surface area contributed by atoms with E-state index < -0.39 is 10.0 Å². The molecule has 156 valence electrons. The Bertz CT molecular complexity index is 1220. The van der Waals surface area contributed by atoms with Gasteiger partial charge in [0.1, 0.15) is 0 Å². The van der Waals surface area contributed by atoms with Gasteiger partial charge in [-0.05, 0) is 84.7 Å². The molecule has 0 bridgehead atoms. The number of thiophene rings is 1. The number of anilines is 1. The molecule has 0 spiro atoms. The maximum Gasteiger partial charge on any atom is 0.264 e. The molecule has 3 aromatic rings. The van der Waals surface area contributed by atoms with Gasteiger partial charge in [-0.3, -0.25) is 9.52 Å². The zero-order chi connectivity index (χ0) is 21.5. The van der Waals surface area contributed by atoms with Crippen LogP contribution in [0, 0.1) is 20.8 Å². The third-order valence-electron chi connectivity index (χ3n) is 5.57. The number of hydrogen-bond acceptors (Lipinski definition) is 4. The highest BCUT2D eigenvalue weighted by Crippen LogP contribution is 2.27. The van der Waals surface area contributed by atoms with Gasteiger partial charge in [0.2, 0.25) is 0 Å². The van der Waals surface area contributed by atoms with Gasteiger partial charge in [-0.1, -0.05) is 18.2 Å². The van der Waals surface area contributed by atoms with Crippen molar-refractivity contribution >= 4 is 33.0 Å². The van der Waals surface area contributed by atoms with Gasteiger partial charge in [-0.25, -0.2) is 8.42 Å². The Morgan fingerprint density at radius 3 is 2.50 bits per heavy atom. The predicted molar refractivity (Wildman–Crippen MR) is 121 cm³/mol. The van der Waals surface area contributed by atoms with Gasteiger partial charge >= 0.3 is 0 Å². The molecule has 0 fully saturated rings. The molecule has 7 heteroatoms. The number of rotatable bonds is 4. The highest BCUT2D eigenvalue weighted by Gasteiger charge is 2.24. The van der Waals surface area contributed by atoms with Crippen molar-refractivity contribution in [1.29, 1.82) is 0 Å². The van der Waals surface area contributed by atoms with Crippen LogP contribution >= 0.6 is 11.3 Å². The molecular formula is C23H24N2O3S2. The van der Waals surface area contributed by atoms with Crippen molar-refractivity contribution in [2.45, 2.75) is 38.6 Å². The lowest BCUT2D eigenvalue weighted by atomic mass is 9.99. The molecule has 0 unspecified atom stereocenters. The maximum absolute atomic E-state index is 13.0. The number of nitrogens with one attached hydrogen (secondary N) is 1. The minimum absolute atomic E-state index is 0.0207. The number of aryl methyl sites for hydroxylation is 3. The summed E-state index contributed by atoms with van der Waals surface area (Å²) < 4.78 is 28.7. The number of hydrogen-bond donors (Lipinski definition) is 1. The van der Waals surface area contributed by atoms with Gasteiger partial charge in [0, 0.05) is 18.8 Å². The van der Waals surface area contributed by atoms with E-state index in [0.717, 1.165) is 39.1 Å². The zero-order valence-electron chi connectivity index (χ0n) is 17.2. The Hall–Kier alpha value is -2.64. The summed E-state index contributed by atoms with van der Waals surface area (Å²) in [6.07, 6.45) is 0.760. The molecule has 4 rings (SSSR count). The first-order valence-corrected chi connectivity index (χ1v) is 12.2. The highest BCUT2D eigenvalue weighted by atomic mass is 32.2. The monoisotopic (exact) mass is 440 g/mol. The molecule has 0 saturated carbocycles. The van der Waals surface area contributed by atoms with Gasteiger partial charge in [-0.2, -0.15) is 0 Å². The first kappa shape index (κ1) is 20.6. The van der Waals surface area contributed by atoms with Crippen molar-refractivity contribution < 1.29 is 13.2 Å². The molecule has 2 heterocycles. The topological polar surface area (TPSA) is 66.5 Å². The number of amides is 1. The molecular weight excluding hydrogens is 416 g/mol. The van der Waals surface area contributed by atoms with Crippen molar-refractivity contribution in [1.82, 2.24) is 4.90 Å². The summed E-state index contributed by atoms with van der Waals surface area (Å²) in [5, 5.41) is 1.90. The molecule has 0 radical (unpaired) electrons. The number of sulfonamides is 1. The quantitative estimate of drug-likeness (QED) is 0.641. The number of carbonyl (C=O) groups is 1. The minimum atomic E-state index is -3.70. The molecule has 5 nitrogen and oxygen atoms in total. The lowest BCUT2D eigenvalue weighted by molar-refractivity contribution is 0.0739. The Morgan fingerprint density at radius 1 is 1.00 bits per heavy atom. The number of fused-ring (bicyclic) bond motifs is 1. The van der Waals surface area contributed by atoms with Crippen LogP contribution in [0.25, 0.3) is 0 Å². The van der Waals surface area contributed by atoms with Crippen molar-refractivity contribution in [2.24, 2.45) is 0 Å². The van der Waals surface area contributed by atoms with Gasteiger partial charge < -0.3 is 4.90 Å². The van der Waals surface area contributed by atoms with Crippen LogP contribution in [0.2, 0.25) is 0 Å². The lowest BCUT2D eigenvalue weighted by Gasteiger charge is -2.29. The number of carbonyl (C=O) groups excluding carboxylic acids is 1. The van der Waals surface area contributed by atoms with E-state index in [4.69, 9.17) is 0 Å². The Kier molecular flexibility index (Phi) is 5.42. The van der Waals surface area contributed by atoms with Crippen LogP contribution in [0.1, 0.15) is 37.5 Å². The Morgan fingerprint density at radius 2 is 1.77 bits per heavy atom. The Labute approximate surface area is 181 Å². The van der Waals surface area contributed by atoms with E-state index in [1.54, 1.807) is 12.1 Å². The molecule has 1 N–H and O–H groups in total. The Balaban J connectivity index is 1.58. The first-order valence-electron chi connectivity index (χ1n) is 9.80. The van der Waals surface area contributed by atoms with E-state index >= 15 is 0 Å². The third-order valence-corrected chi connectivity index (χ3v) is 7.95. The summed E-state index contributed by atoms with van der Waals surface area (Å²) in [4.78, 5) is 15.5. The van der Waals surface area contributed by atoms with E-state index in [2.05, 4.69) is 4.72 Å². The smallest absolute Gasteiger partial charge is 0.264 e. The molecule has 2 aromatic carbocycles. The van der Waals surface area contributed by atoms with Crippen LogP contribution < -0.4 is 4.72 Å². The minimum Gasteiger partial charge on any atom is -0.333 e. The fraction of sp³-hybridized carbons (Fsp3) is 0.261. The fourth-order valence-corrected chi connectivity index (χ4v) is 5.84. The van der Waals surface area contributed by atoms with Crippen molar-refractivity contribution in [3.05, 3.63) is 80.5 Å². The number of nitrogens with zero attached hydrogens (tertiary/aromatic N) is 1. The van der Waals surface area contributed by atoms with Crippen LogP contribution in [-0.4, -0.2) is 25.8 Å². The van der Waals surface area contributed by atoms with E-state index in [1.807, 2.05) is 61.4 Å². The second kappa shape index (κ2) is 7.89. The summed E-state index contributed by atoms with van der Waals surface area (Å²) in [6, 6.07) is 12.9. The zero-order valence-corrected chi connectivity index (χ0v) is 18.9. The van der Waals surface area contributed by atoms with Gasteiger partial charge in [0.05, 0.1) is 9.77 Å². The van der Waals surface area contributed by atoms with E-state index in [1.165, 1.54) is 11.3 Å². The third kappa shape index (κ3) is 4.00. The average Bonchev–Trinajstić information content (AvgIpc) is 3.24. The molecule has 1 aromatic heterocycles. The number of benzene rings is 2. The molecule has 0 atom stereocenters. The standard InChI is InChI=1S/C23H24N2O3S2/c1-15-11-17(3)22(12-16(15)2)30(27,28)24-20-7-6-18-8-9-25(14-19(18)13-20)23(26)21-5-4-10-29-21/h4-7,10-13,24H,8-9,14H2,1-3H3. The first-order chi connectivity index (χ1) is 14.2. The second-order valence-electron chi connectivity index (χ2n) is 7.74. The molecule has 30 heavy (non-hydrogen) atoms. The highest BCUT2D eigenvalue weighted by molar-refractivity contribution is 7.92. The lowest BCUT2D eigenvalue weighted by Crippen LogP contribution is -2.35. The summed E-state index contributed by atoms with van der Waals surface area (Å²) in [6.45, 7) is 6.83. The second-order valence-corrected chi connectivity index (χ2v) is 10.3. The van der Waals surface area contributed by atoms with Crippen molar-refractivity contribution in [3.8, 4) is 0 Å². The van der Waals surface area contributed by atoms with Crippen LogP contribution in [0.15, 0.2) is 52.7 Å². The summed E-state index contributed by atoms with van der Waals surface area (Å²) in [7, 11) is -3.70. The summed E-state index contributed by atoms with van der Waals surface area (Å²) >= 11 is 1.44. The normalized spacial score (nSPS) is 13.8. The van der Waals surface area contributed by atoms with Crippen molar-refractivity contribution in [3.63, 3.8) is 0 Å². The average molecular weight is 441 g/mol. The van der Waals surface area contributed by atoms with Crippen LogP contribution in [-0.2, 0) is 23.0 Å². The summed E-state index contributed by atoms with van der Waals surface area (Å²) in [5.74, 6) is 0.0207. The molecule has 1 aliphatic heterocycles. The van der Waals surface area contributed by atoms with Gasteiger partial charge in [0.25, 0.3) is 15.9 Å². The van der Waals surface area contributed by atoms with Crippen LogP contribution in [0.4, 0.5) is 5.69 Å². The predicted octanol–water partition coefficient (Wildman–Crippen LogP) is 4.67. The molecule has 1 aliphatic rings. The van der Waals surface area contributed by atoms with Crippen molar-refractivity contribution in [2.75, 3.05) is 11.3 Å². The summed E-state index contributed by atoms with van der Waals surface area (Å²) in [5.41, 5.74) is 5.36. The SMILES string of the molecule is Cc1cc(C)c(S(=O)(=O)Nc2ccc3c(c2)CN(C(=O)c2cccs2)CC3)cc1C. The van der Waals surface area contributed by atoms with Gasteiger partial charge in [-0.15, -0.1) is 11.3 Å². The van der Waals surface area contributed by atoms with E-state index in [0.29, 0.717) is 18.8 Å². The molecule has 1 amide bonds. The molecule has 0 aliphatic carbocycles. The van der Waals surface area contributed by atoms with Crippen LogP contribution in [0.5, 0.6) is 0 Å². The van der Waals surface area contributed by atoms with E-state index in [9.17, 15) is 13.2 Å². The molecule has 0 saturated heterocycles. The largest absolute Gasteiger partial charge is 0.333 e. The van der Waals surface area contributed by atoms with Gasteiger partial charge in [0.15, 0.2) is 0 Å². The fourth-order valence-electron chi connectivity index (χ4n) is 3.78.